The third-order valence-corrected chi connectivity index (χ3v) is 5.96. The number of anilines is 1. The van der Waals surface area contributed by atoms with Crippen LogP contribution in [0.4, 0.5) is 11.4 Å². The fourth-order valence-electron chi connectivity index (χ4n) is 2.58. The maximum absolute atomic E-state index is 12.4. The predicted molar refractivity (Wildman–Crippen MR) is 83.6 cm³/mol. The molecule has 2 atom stereocenters. The highest BCUT2D eigenvalue weighted by Gasteiger charge is 2.35. The number of nitro groups is 1. The van der Waals surface area contributed by atoms with Crippen LogP contribution in [0.25, 0.3) is 0 Å². The molecule has 1 aliphatic rings. The monoisotopic (exact) mass is 348 g/mol. The molecular formula is C13H17ClN2O5S. The van der Waals surface area contributed by atoms with Gasteiger partial charge in [-0.2, -0.15) is 0 Å². The van der Waals surface area contributed by atoms with Crippen LogP contribution in [0.15, 0.2) is 12.1 Å². The molecule has 0 saturated heterocycles. The Bertz CT molecular complexity index is 692. The van der Waals surface area contributed by atoms with E-state index in [-0.39, 0.29) is 16.4 Å². The van der Waals surface area contributed by atoms with Gasteiger partial charge in [0.25, 0.3) is 5.69 Å². The van der Waals surface area contributed by atoms with Crippen molar-refractivity contribution in [1.82, 2.24) is 0 Å². The standard InChI is InChI=1S/C13H17ClN2O5S/c1-8-6-9(14)11(16(18)19)7-10(8)15-22(20,21)13-5-3-2-4-12(13)17/h6-7,12-13,15,17H,2-5H2,1H3. The molecule has 2 unspecified atom stereocenters. The van der Waals surface area contributed by atoms with E-state index < -0.39 is 26.3 Å². The van der Waals surface area contributed by atoms with E-state index in [0.717, 1.165) is 18.9 Å². The van der Waals surface area contributed by atoms with E-state index in [0.29, 0.717) is 18.4 Å². The van der Waals surface area contributed by atoms with Gasteiger partial charge in [-0.1, -0.05) is 24.4 Å². The SMILES string of the molecule is Cc1cc(Cl)c([N+](=O)[O-])cc1NS(=O)(=O)C1CCCCC1O. The van der Waals surface area contributed by atoms with Crippen LogP contribution in [0.2, 0.25) is 5.02 Å². The maximum atomic E-state index is 12.4. The molecule has 0 spiro atoms. The van der Waals surface area contributed by atoms with Crippen LogP contribution in [-0.2, 0) is 10.0 Å². The van der Waals surface area contributed by atoms with Crippen LogP contribution >= 0.6 is 11.6 Å². The summed E-state index contributed by atoms with van der Waals surface area (Å²) in [5, 5.41) is 19.8. The van der Waals surface area contributed by atoms with Crippen LogP contribution in [0.1, 0.15) is 31.2 Å². The van der Waals surface area contributed by atoms with E-state index in [1.165, 1.54) is 6.07 Å². The molecule has 1 aliphatic carbocycles. The topological polar surface area (TPSA) is 110 Å². The first kappa shape index (κ1) is 17.0. The lowest BCUT2D eigenvalue weighted by Gasteiger charge is -2.27. The van der Waals surface area contributed by atoms with Crippen molar-refractivity contribution in [2.75, 3.05) is 4.72 Å². The van der Waals surface area contributed by atoms with Crippen LogP contribution in [-0.4, -0.2) is 29.8 Å². The Balaban J connectivity index is 2.33. The molecule has 2 N–H and O–H groups in total. The molecular weight excluding hydrogens is 332 g/mol. The largest absolute Gasteiger partial charge is 0.392 e. The van der Waals surface area contributed by atoms with Gasteiger partial charge in [-0.05, 0) is 31.4 Å². The van der Waals surface area contributed by atoms with Crippen molar-refractivity contribution in [1.29, 1.82) is 0 Å². The fourth-order valence-corrected chi connectivity index (χ4v) is 4.57. The maximum Gasteiger partial charge on any atom is 0.289 e. The molecule has 9 heteroatoms. The molecule has 1 aromatic carbocycles. The number of sulfonamides is 1. The van der Waals surface area contributed by atoms with Gasteiger partial charge in [0.05, 0.1) is 16.7 Å². The Hall–Kier alpha value is -1.38. The summed E-state index contributed by atoms with van der Waals surface area (Å²) in [6.07, 6.45) is 1.39. The normalized spacial score (nSPS) is 22.3. The van der Waals surface area contributed by atoms with E-state index in [2.05, 4.69) is 4.72 Å². The molecule has 2 rings (SSSR count). The first-order valence-corrected chi connectivity index (χ1v) is 8.79. The second-order valence-electron chi connectivity index (χ2n) is 5.41. The van der Waals surface area contributed by atoms with Crippen LogP contribution < -0.4 is 4.72 Å². The number of aliphatic hydroxyl groups excluding tert-OH is 1. The number of rotatable bonds is 4. The van der Waals surface area contributed by atoms with Gasteiger partial charge in [-0.25, -0.2) is 8.42 Å². The summed E-state index contributed by atoms with van der Waals surface area (Å²) in [4.78, 5) is 10.2. The highest BCUT2D eigenvalue weighted by Crippen LogP contribution is 2.32. The zero-order chi connectivity index (χ0) is 16.5. The lowest BCUT2D eigenvalue weighted by molar-refractivity contribution is -0.384. The Morgan fingerprint density at radius 1 is 1.36 bits per heavy atom. The molecule has 1 aromatic rings. The number of aliphatic hydroxyl groups is 1. The van der Waals surface area contributed by atoms with Gasteiger partial charge < -0.3 is 5.11 Å². The van der Waals surface area contributed by atoms with Gasteiger partial charge >= 0.3 is 0 Å². The molecule has 22 heavy (non-hydrogen) atoms. The number of nitro benzene ring substituents is 1. The van der Waals surface area contributed by atoms with Crippen molar-refractivity contribution < 1.29 is 18.4 Å². The zero-order valence-corrected chi connectivity index (χ0v) is 13.5. The smallest absolute Gasteiger partial charge is 0.289 e. The third kappa shape index (κ3) is 3.50. The average molecular weight is 349 g/mol. The van der Waals surface area contributed by atoms with Crippen LogP contribution in [0, 0.1) is 17.0 Å². The summed E-state index contributed by atoms with van der Waals surface area (Å²) < 4.78 is 27.2. The average Bonchev–Trinajstić information content (AvgIpc) is 2.41. The summed E-state index contributed by atoms with van der Waals surface area (Å²) in [7, 11) is -3.83. The number of aryl methyl sites for hydroxylation is 1. The van der Waals surface area contributed by atoms with Crippen molar-refractivity contribution in [3.05, 3.63) is 32.8 Å². The van der Waals surface area contributed by atoms with Gasteiger partial charge in [-0.3, -0.25) is 14.8 Å². The molecule has 122 valence electrons. The van der Waals surface area contributed by atoms with Crippen molar-refractivity contribution >= 4 is 33.0 Å². The van der Waals surface area contributed by atoms with Crippen molar-refractivity contribution in [2.24, 2.45) is 0 Å². The summed E-state index contributed by atoms with van der Waals surface area (Å²) >= 11 is 5.78. The first-order valence-electron chi connectivity index (χ1n) is 6.86. The number of nitrogens with one attached hydrogen (secondary N) is 1. The van der Waals surface area contributed by atoms with Gasteiger partial charge in [0.15, 0.2) is 0 Å². The van der Waals surface area contributed by atoms with Crippen molar-refractivity contribution in [2.45, 2.75) is 44.0 Å². The molecule has 0 bridgehead atoms. The highest BCUT2D eigenvalue weighted by atomic mass is 35.5. The molecule has 7 nitrogen and oxygen atoms in total. The molecule has 0 amide bonds. The number of hydrogen-bond acceptors (Lipinski definition) is 5. The Morgan fingerprint density at radius 3 is 2.59 bits per heavy atom. The third-order valence-electron chi connectivity index (χ3n) is 3.81. The number of hydrogen-bond donors (Lipinski definition) is 2. The van der Waals surface area contributed by atoms with Crippen LogP contribution in [0.5, 0.6) is 0 Å². The van der Waals surface area contributed by atoms with Gasteiger partial charge in [-0.15, -0.1) is 0 Å². The predicted octanol–water partition coefficient (Wildman–Crippen LogP) is 2.60. The summed E-state index contributed by atoms with van der Waals surface area (Å²) in [6, 6.07) is 2.44. The minimum Gasteiger partial charge on any atom is -0.392 e. The molecule has 0 aromatic heterocycles. The van der Waals surface area contributed by atoms with E-state index >= 15 is 0 Å². The van der Waals surface area contributed by atoms with Gasteiger partial charge in [0, 0.05) is 6.07 Å². The minimum atomic E-state index is -3.83. The first-order chi connectivity index (χ1) is 10.2. The molecule has 1 fully saturated rings. The van der Waals surface area contributed by atoms with E-state index in [4.69, 9.17) is 11.6 Å². The van der Waals surface area contributed by atoms with Crippen molar-refractivity contribution in [3.63, 3.8) is 0 Å². The number of nitrogens with zero attached hydrogens (tertiary/aromatic N) is 1. The number of halogens is 1. The quantitative estimate of drug-likeness (QED) is 0.642. The van der Waals surface area contributed by atoms with E-state index in [1.54, 1.807) is 6.92 Å². The summed E-state index contributed by atoms with van der Waals surface area (Å²) in [5.74, 6) is 0. The second kappa shape index (κ2) is 6.39. The fraction of sp³-hybridized carbons (Fsp3) is 0.538. The van der Waals surface area contributed by atoms with Crippen LogP contribution in [0.3, 0.4) is 0 Å². The molecule has 0 radical (unpaired) electrons. The second-order valence-corrected chi connectivity index (χ2v) is 7.72. The minimum absolute atomic E-state index is 0.0526. The lowest BCUT2D eigenvalue weighted by atomic mass is 9.97. The summed E-state index contributed by atoms with van der Waals surface area (Å²) in [5.41, 5.74) is 0.215. The van der Waals surface area contributed by atoms with E-state index in [9.17, 15) is 23.6 Å². The summed E-state index contributed by atoms with van der Waals surface area (Å²) in [6.45, 7) is 1.60. The lowest BCUT2D eigenvalue weighted by Crippen LogP contribution is -2.40. The number of benzene rings is 1. The van der Waals surface area contributed by atoms with Crippen molar-refractivity contribution in [3.8, 4) is 0 Å². The zero-order valence-electron chi connectivity index (χ0n) is 12.0. The Morgan fingerprint density at radius 2 is 2.00 bits per heavy atom. The molecule has 0 aliphatic heterocycles. The van der Waals surface area contributed by atoms with Gasteiger partial charge in [0.1, 0.15) is 10.3 Å². The van der Waals surface area contributed by atoms with Gasteiger partial charge in [0.2, 0.25) is 10.0 Å². The highest BCUT2D eigenvalue weighted by molar-refractivity contribution is 7.93. The molecule has 1 saturated carbocycles. The Kier molecular flexibility index (Phi) is 4.93. The van der Waals surface area contributed by atoms with E-state index in [1.807, 2.05) is 0 Å². The Labute approximate surface area is 133 Å². The molecule has 0 heterocycles.